The second-order valence-electron chi connectivity index (χ2n) is 14.3. The van der Waals surface area contributed by atoms with Gasteiger partial charge in [-0.15, -0.1) is 0 Å². The first-order valence-electron chi connectivity index (χ1n) is 19.0. The largest absolute Gasteiger partial charge is 0.247 e. The van der Waals surface area contributed by atoms with E-state index in [1.165, 1.54) is 26.9 Å². The summed E-state index contributed by atoms with van der Waals surface area (Å²) in [5.74, 6) is 0.694. The van der Waals surface area contributed by atoms with Crippen molar-refractivity contribution >= 4 is 54.0 Å². The highest BCUT2D eigenvalue weighted by Crippen LogP contribution is 2.45. The Bertz CT molecular complexity index is 3230. The number of nitrogens with zero attached hydrogens (tertiary/aromatic N) is 3. The zero-order valence-corrected chi connectivity index (χ0v) is 30.4. The molecule has 0 unspecified atom stereocenters. The highest BCUT2D eigenvalue weighted by atomic mass is 14.9. The van der Waals surface area contributed by atoms with Gasteiger partial charge in [0.05, 0.1) is 22.6 Å². The smallest absolute Gasteiger partial charge is 0.161 e. The van der Waals surface area contributed by atoms with E-state index in [0.29, 0.717) is 5.82 Å². The Labute approximate surface area is 324 Å². The molecule has 0 saturated heterocycles. The van der Waals surface area contributed by atoms with Crippen LogP contribution < -0.4 is 0 Å². The van der Waals surface area contributed by atoms with Crippen LogP contribution in [0.25, 0.3) is 110 Å². The van der Waals surface area contributed by atoms with Gasteiger partial charge in [-0.3, -0.25) is 0 Å². The van der Waals surface area contributed by atoms with E-state index in [4.69, 9.17) is 15.0 Å². The summed E-state index contributed by atoms with van der Waals surface area (Å²) < 4.78 is 0. The fourth-order valence-electron chi connectivity index (χ4n) is 8.54. The van der Waals surface area contributed by atoms with Gasteiger partial charge in [-0.25, -0.2) is 15.0 Å². The number of hydrogen-bond acceptors (Lipinski definition) is 3. The van der Waals surface area contributed by atoms with Gasteiger partial charge in [0, 0.05) is 44.0 Å². The highest BCUT2D eigenvalue weighted by Gasteiger charge is 2.23. The molecule has 0 atom stereocenters. The lowest BCUT2D eigenvalue weighted by atomic mass is 9.88. The van der Waals surface area contributed by atoms with Crippen LogP contribution in [-0.4, -0.2) is 15.0 Å². The van der Waals surface area contributed by atoms with Crippen LogP contribution in [0.3, 0.4) is 0 Å². The fraction of sp³-hybridized carbons (Fsp3) is 0. The molecule has 2 heterocycles. The van der Waals surface area contributed by atoms with E-state index < -0.39 is 0 Å². The molecule has 11 aromatic rings. The first-order chi connectivity index (χ1) is 27.8. The number of aromatic nitrogens is 3. The van der Waals surface area contributed by atoms with Gasteiger partial charge >= 0.3 is 0 Å². The third kappa shape index (κ3) is 5.17. The van der Waals surface area contributed by atoms with Gasteiger partial charge < -0.3 is 0 Å². The molecule has 0 amide bonds. The molecule has 0 spiro atoms. The molecule has 0 aliphatic carbocycles. The van der Waals surface area contributed by atoms with Gasteiger partial charge in [-0.2, -0.15) is 0 Å². The van der Waals surface area contributed by atoms with E-state index in [2.05, 4.69) is 200 Å². The number of benzene rings is 9. The summed E-state index contributed by atoms with van der Waals surface area (Å²) in [6.45, 7) is 0. The van der Waals surface area contributed by atoms with Crippen molar-refractivity contribution in [3.8, 4) is 56.3 Å². The predicted octanol–water partition coefficient (Wildman–Crippen LogP) is 14.0. The zero-order chi connectivity index (χ0) is 37.0. The minimum atomic E-state index is 0.694. The molecule has 0 fully saturated rings. The van der Waals surface area contributed by atoms with Crippen LogP contribution in [-0.2, 0) is 0 Å². The van der Waals surface area contributed by atoms with Crippen molar-refractivity contribution < 1.29 is 0 Å². The van der Waals surface area contributed by atoms with Crippen molar-refractivity contribution in [1.29, 1.82) is 0 Å². The normalized spacial score (nSPS) is 11.6. The molecule has 0 aliphatic heterocycles. The molecule has 3 heteroatoms. The van der Waals surface area contributed by atoms with E-state index in [9.17, 15) is 0 Å². The summed E-state index contributed by atoms with van der Waals surface area (Å²) in [5, 5.41) is 10.7. The summed E-state index contributed by atoms with van der Waals surface area (Å²) in [5.41, 5.74) is 9.79. The molecular weight excluding hydrogens is 679 g/mol. The minimum Gasteiger partial charge on any atom is -0.247 e. The monoisotopic (exact) mass is 711 g/mol. The molecule has 2 aromatic heterocycles. The van der Waals surface area contributed by atoms with E-state index >= 15 is 0 Å². The van der Waals surface area contributed by atoms with Gasteiger partial charge in [0.1, 0.15) is 0 Å². The lowest BCUT2D eigenvalue weighted by molar-refractivity contribution is 1.19. The summed E-state index contributed by atoms with van der Waals surface area (Å²) >= 11 is 0. The maximum atomic E-state index is 5.48. The fourth-order valence-corrected chi connectivity index (χ4v) is 8.54. The Morgan fingerprint density at radius 1 is 0.286 bits per heavy atom. The van der Waals surface area contributed by atoms with Crippen molar-refractivity contribution in [2.75, 3.05) is 0 Å². The van der Waals surface area contributed by atoms with E-state index in [0.717, 1.165) is 77.5 Å². The van der Waals surface area contributed by atoms with Crippen molar-refractivity contribution in [3.63, 3.8) is 0 Å². The molecule has 0 bridgehead atoms. The molecule has 56 heavy (non-hydrogen) atoms. The molecule has 9 aromatic carbocycles. The molecule has 0 radical (unpaired) electrons. The zero-order valence-electron chi connectivity index (χ0n) is 30.4. The van der Waals surface area contributed by atoms with Crippen molar-refractivity contribution in [1.82, 2.24) is 15.0 Å². The summed E-state index contributed by atoms with van der Waals surface area (Å²) in [7, 11) is 0. The standard InChI is InChI=1S/C53H33N3/c1-3-18-35(19-4-1)50-47(51(36-20-5-2-6-21-36)56-53(55-50)44-31-16-22-34-17-7-8-25-39(34)44)37-23-15-24-38(33-37)52-49-43-29-12-10-27-41(43)40-26-9-11-28-42(40)48(49)45-30-13-14-32-46(45)54-52/h1-33H. The van der Waals surface area contributed by atoms with Gasteiger partial charge in [-0.1, -0.05) is 188 Å². The number of hydrogen-bond donors (Lipinski definition) is 0. The number of para-hydroxylation sites is 1. The third-order valence-corrected chi connectivity index (χ3v) is 11.0. The maximum absolute atomic E-state index is 5.48. The highest BCUT2D eigenvalue weighted by molar-refractivity contribution is 6.33. The Kier molecular flexibility index (Phi) is 7.49. The average Bonchev–Trinajstić information content (AvgIpc) is 3.28. The van der Waals surface area contributed by atoms with Crippen molar-refractivity contribution in [3.05, 3.63) is 200 Å². The Morgan fingerprint density at radius 2 is 0.768 bits per heavy atom. The summed E-state index contributed by atoms with van der Waals surface area (Å²) in [6.07, 6.45) is 0. The van der Waals surface area contributed by atoms with Crippen LogP contribution in [0.15, 0.2) is 200 Å². The van der Waals surface area contributed by atoms with Gasteiger partial charge in [-0.05, 0) is 50.0 Å². The van der Waals surface area contributed by atoms with E-state index in [1.807, 2.05) is 0 Å². The topological polar surface area (TPSA) is 38.7 Å². The Hall–Kier alpha value is -7.49. The quantitative estimate of drug-likeness (QED) is 0.167. The molecule has 0 N–H and O–H groups in total. The van der Waals surface area contributed by atoms with Gasteiger partial charge in [0.2, 0.25) is 0 Å². The molecule has 260 valence electrons. The van der Waals surface area contributed by atoms with Crippen LogP contribution >= 0.6 is 0 Å². The average molecular weight is 712 g/mol. The van der Waals surface area contributed by atoms with Crippen molar-refractivity contribution in [2.45, 2.75) is 0 Å². The lowest BCUT2D eigenvalue weighted by Gasteiger charge is -2.19. The second kappa shape index (κ2) is 13.1. The van der Waals surface area contributed by atoms with E-state index in [1.54, 1.807) is 0 Å². The SMILES string of the molecule is c1ccc(-c2nc(-c3cccc4ccccc34)nc(-c3ccccc3)c2-c2cccc(-c3nc4ccccc4c4c5ccccc5c5ccccc5c34)c2)cc1. The first-order valence-corrected chi connectivity index (χ1v) is 19.0. The number of fused-ring (bicyclic) bond motifs is 9. The summed E-state index contributed by atoms with van der Waals surface area (Å²) in [6, 6.07) is 70.7. The number of pyridine rings is 1. The minimum absolute atomic E-state index is 0.694. The van der Waals surface area contributed by atoms with Gasteiger partial charge in [0.15, 0.2) is 5.82 Å². The van der Waals surface area contributed by atoms with Crippen LogP contribution in [0.2, 0.25) is 0 Å². The Morgan fingerprint density at radius 3 is 1.45 bits per heavy atom. The predicted molar refractivity (Wildman–Crippen MR) is 235 cm³/mol. The number of rotatable bonds is 5. The molecule has 0 saturated carbocycles. The molecular formula is C53H33N3. The summed E-state index contributed by atoms with van der Waals surface area (Å²) in [4.78, 5) is 16.4. The van der Waals surface area contributed by atoms with Crippen molar-refractivity contribution in [2.24, 2.45) is 0 Å². The van der Waals surface area contributed by atoms with Crippen LogP contribution in [0.4, 0.5) is 0 Å². The lowest BCUT2D eigenvalue weighted by Crippen LogP contribution is -2.01. The van der Waals surface area contributed by atoms with E-state index in [-0.39, 0.29) is 0 Å². The molecule has 11 rings (SSSR count). The van der Waals surface area contributed by atoms with Crippen LogP contribution in [0.5, 0.6) is 0 Å². The maximum Gasteiger partial charge on any atom is 0.161 e. The molecule has 3 nitrogen and oxygen atoms in total. The molecule has 0 aliphatic rings. The third-order valence-electron chi connectivity index (χ3n) is 11.0. The van der Waals surface area contributed by atoms with Crippen LogP contribution in [0, 0.1) is 0 Å². The Balaban J connectivity index is 1.24. The van der Waals surface area contributed by atoms with Crippen LogP contribution in [0.1, 0.15) is 0 Å². The first kappa shape index (κ1) is 32.0. The van der Waals surface area contributed by atoms with Gasteiger partial charge in [0.25, 0.3) is 0 Å². The second-order valence-corrected chi connectivity index (χ2v) is 14.3.